The Balaban J connectivity index is 1.91. The molecule has 0 bridgehead atoms. The fourth-order valence-corrected chi connectivity index (χ4v) is 2.63. The van der Waals surface area contributed by atoms with Crippen molar-refractivity contribution < 1.29 is 0 Å². The molecule has 0 spiro atoms. The summed E-state index contributed by atoms with van der Waals surface area (Å²) in [6.07, 6.45) is 0. The molecule has 98 valence electrons. The molecule has 0 amide bonds. The van der Waals surface area contributed by atoms with Gasteiger partial charge < -0.3 is 5.32 Å². The van der Waals surface area contributed by atoms with Crippen molar-refractivity contribution in [2.24, 2.45) is 11.3 Å². The van der Waals surface area contributed by atoms with Crippen LogP contribution in [0.1, 0.15) is 32.7 Å². The van der Waals surface area contributed by atoms with Crippen molar-refractivity contribution in [2.75, 3.05) is 6.54 Å². The molecule has 1 aromatic carbocycles. The van der Waals surface area contributed by atoms with Crippen LogP contribution in [0.15, 0.2) is 24.3 Å². The Morgan fingerprint density at radius 2 is 2.00 bits per heavy atom. The number of fused-ring (bicyclic) bond motifs is 1. The number of aromatic nitrogens is 1. The summed E-state index contributed by atoms with van der Waals surface area (Å²) in [5.41, 5.74) is 1.48. The molecule has 2 nitrogen and oxygen atoms in total. The minimum Gasteiger partial charge on any atom is -0.310 e. The molecule has 18 heavy (non-hydrogen) atoms. The number of hydrogen-bond donors (Lipinski definition) is 1. The quantitative estimate of drug-likeness (QED) is 0.898. The highest BCUT2D eigenvalue weighted by atomic mass is 32.1. The van der Waals surface area contributed by atoms with Crippen LogP contribution in [0, 0.1) is 11.3 Å². The van der Waals surface area contributed by atoms with E-state index in [1.54, 1.807) is 11.3 Å². The van der Waals surface area contributed by atoms with Crippen molar-refractivity contribution in [1.82, 2.24) is 10.3 Å². The lowest BCUT2D eigenvalue weighted by molar-refractivity contribution is 0.252. The van der Waals surface area contributed by atoms with Gasteiger partial charge in [-0.15, -0.1) is 11.3 Å². The van der Waals surface area contributed by atoms with E-state index in [0.29, 0.717) is 11.3 Å². The number of benzene rings is 1. The van der Waals surface area contributed by atoms with E-state index in [9.17, 15) is 0 Å². The van der Waals surface area contributed by atoms with Crippen LogP contribution in [-0.2, 0) is 6.54 Å². The fraction of sp³-hybridized carbons (Fsp3) is 0.533. The Hall–Kier alpha value is -0.930. The van der Waals surface area contributed by atoms with Crippen LogP contribution in [0.2, 0.25) is 0 Å². The molecule has 1 atom stereocenters. The molecule has 1 aromatic heterocycles. The summed E-state index contributed by atoms with van der Waals surface area (Å²) in [7, 11) is 0. The molecule has 0 aliphatic carbocycles. The summed E-state index contributed by atoms with van der Waals surface area (Å²) in [5, 5.41) is 4.69. The zero-order valence-electron chi connectivity index (χ0n) is 11.7. The average Bonchev–Trinajstić information content (AvgIpc) is 2.70. The first kappa shape index (κ1) is 13.5. The first-order chi connectivity index (χ1) is 8.47. The Bertz CT molecular complexity index is 477. The normalized spacial score (nSPS) is 14.0. The van der Waals surface area contributed by atoms with Crippen LogP contribution >= 0.6 is 11.3 Å². The van der Waals surface area contributed by atoms with E-state index in [-0.39, 0.29) is 0 Å². The summed E-state index contributed by atoms with van der Waals surface area (Å²) in [5.74, 6) is 0.659. The molecule has 0 radical (unpaired) electrons. The predicted molar refractivity (Wildman–Crippen MR) is 79.9 cm³/mol. The summed E-state index contributed by atoms with van der Waals surface area (Å²) in [4.78, 5) is 4.63. The maximum atomic E-state index is 4.63. The van der Waals surface area contributed by atoms with Crippen molar-refractivity contribution in [3.63, 3.8) is 0 Å². The Morgan fingerprint density at radius 3 is 2.67 bits per heavy atom. The lowest BCUT2D eigenvalue weighted by Gasteiger charge is -2.27. The van der Waals surface area contributed by atoms with Crippen molar-refractivity contribution in [1.29, 1.82) is 0 Å². The van der Waals surface area contributed by atoms with E-state index < -0.39 is 0 Å². The van der Waals surface area contributed by atoms with Crippen LogP contribution in [-0.4, -0.2) is 11.5 Å². The molecule has 2 rings (SSSR count). The van der Waals surface area contributed by atoms with Gasteiger partial charge in [0, 0.05) is 6.54 Å². The van der Waals surface area contributed by atoms with E-state index in [2.05, 4.69) is 56.2 Å². The second-order valence-electron chi connectivity index (χ2n) is 5.97. The van der Waals surface area contributed by atoms with E-state index in [1.165, 1.54) is 9.71 Å². The maximum absolute atomic E-state index is 4.63. The SMILES string of the molecule is CC(CNCc1nc2ccccc2s1)C(C)(C)C. The zero-order valence-corrected chi connectivity index (χ0v) is 12.5. The van der Waals surface area contributed by atoms with Crippen molar-refractivity contribution in [3.8, 4) is 0 Å². The highest BCUT2D eigenvalue weighted by Gasteiger charge is 2.19. The van der Waals surface area contributed by atoms with E-state index in [0.717, 1.165) is 18.6 Å². The Morgan fingerprint density at radius 1 is 1.28 bits per heavy atom. The lowest BCUT2D eigenvalue weighted by Crippen LogP contribution is -2.29. The summed E-state index contributed by atoms with van der Waals surface area (Å²) >= 11 is 1.78. The van der Waals surface area contributed by atoms with Gasteiger partial charge in [-0.1, -0.05) is 39.8 Å². The molecule has 0 fully saturated rings. The number of thiazole rings is 1. The number of hydrogen-bond acceptors (Lipinski definition) is 3. The molecule has 0 aliphatic rings. The van der Waals surface area contributed by atoms with Crippen molar-refractivity contribution >= 4 is 21.6 Å². The number of rotatable bonds is 4. The van der Waals surface area contributed by atoms with E-state index >= 15 is 0 Å². The summed E-state index contributed by atoms with van der Waals surface area (Å²) < 4.78 is 1.28. The molecule has 1 unspecified atom stereocenters. The standard InChI is InChI=1S/C15H22N2S/c1-11(15(2,3)4)9-16-10-14-17-12-7-5-6-8-13(12)18-14/h5-8,11,16H,9-10H2,1-4H3. The largest absolute Gasteiger partial charge is 0.310 e. The average molecular weight is 262 g/mol. The fourth-order valence-electron chi connectivity index (χ4n) is 1.70. The Kier molecular flexibility index (Phi) is 4.03. The van der Waals surface area contributed by atoms with Gasteiger partial charge in [0.2, 0.25) is 0 Å². The van der Waals surface area contributed by atoms with Crippen LogP contribution in [0.4, 0.5) is 0 Å². The molecule has 2 aromatic rings. The number of nitrogens with zero attached hydrogens (tertiary/aromatic N) is 1. The second kappa shape index (κ2) is 5.37. The number of nitrogens with one attached hydrogen (secondary N) is 1. The molecule has 1 heterocycles. The van der Waals surface area contributed by atoms with Crippen molar-refractivity contribution in [3.05, 3.63) is 29.3 Å². The third kappa shape index (κ3) is 3.30. The van der Waals surface area contributed by atoms with Gasteiger partial charge in [0.1, 0.15) is 5.01 Å². The first-order valence-electron chi connectivity index (χ1n) is 6.52. The molecular weight excluding hydrogens is 240 g/mol. The van der Waals surface area contributed by atoms with Gasteiger partial charge >= 0.3 is 0 Å². The van der Waals surface area contributed by atoms with Crippen LogP contribution in [0.25, 0.3) is 10.2 Å². The highest BCUT2D eigenvalue weighted by molar-refractivity contribution is 7.18. The molecular formula is C15H22N2S. The lowest BCUT2D eigenvalue weighted by atomic mass is 9.82. The van der Waals surface area contributed by atoms with Crippen molar-refractivity contribution in [2.45, 2.75) is 34.2 Å². The molecule has 1 N–H and O–H groups in total. The third-order valence-electron chi connectivity index (χ3n) is 3.54. The minimum absolute atomic E-state index is 0.362. The summed E-state index contributed by atoms with van der Waals surface area (Å²) in [6.45, 7) is 11.1. The third-order valence-corrected chi connectivity index (χ3v) is 4.58. The van der Waals surface area contributed by atoms with Gasteiger partial charge in [-0.2, -0.15) is 0 Å². The minimum atomic E-state index is 0.362. The number of para-hydroxylation sites is 1. The van der Waals surface area contributed by atoms with Crippen LogP contribution in [0.5, 0.6) is 0 Å². The Labute approximate surface area is 113 Å². The molecule has 0 aliphatic heterocycles. The van der Waals surface area contributed by atoms with Gasteiger partial charge in [-0.05, 0) is 30.0 Å². The van der Waals surface area contributed by atoms with Gasteiger partial charge in [0.05, 0.1) is 10.2 Å². The molecule has 0 saturated carbocycles. The van der Waals surface area contributed by atoms with Gasteiger partial charge in [0.25, 0.3) is 0 Å². The second-order valence-corrected chi connectivity index (χ2v) is 7.09. The van der Waals surface area contributed by atoms with E-state index in [1.807, 2.05) is 6.07 Å². The summed E-state index contributed by atoms with van der Waals surface area (Å²) in [6, 6.07) is 8.32. The van der Waals surface area contributed by atoms with E-state index in [4.69, 9.17) is 0 Å². The highest BCUT2D eigenvalue weighted by Crippen LogP contribution is 2.25. The van der Waals surface area contributed by atoms with Gasteiger partial charge in [-0.25, -0.2) is 4.98 Å². The van der Waals surface area contributed by atoms with Crippen LogP contribution < -0.4 is 5.32 Å². The smallest absolute Gasteiger partial charge is 0.108 e. The monoisotopic (exact) mass is 262 g/mol. The topological polar surface area (TPSA) is 24.9 Å². The predicted octanol–water partition coefficient (Wildman–Crippen LogP) is 4.07. The van der Waals surface area contributed by atoms with Crippen LogP contribution in [0.3, 0.4) is 0 Å². The first-order valence-corrected chi connectivity index (χ1v) is 7.33. The van der Waals surface area contributed by atoms with Gasteiger partial charge in [0.15, 0.2) is 0 Å². The molecule has 0 saturated heterocycles. The molecule has 3 heteroatoms. The maximum Gasteiger partial charge on any atom is 0.108 e. The zero-order chi connectivity index (χ0) is 13.2. The van der Waals surface area contributed by atoms with Gasteiger partial charge in [-0.3, -0.25) is 0 Å².